The summed E-state index contributed by atoms with van der Waals surface area (Å²) in [4.78, 5) is 0. The van der Waals surface area contributed by atoms with E-state index < -0.39 is 0 Å². The number of hydrogen-bond acceptors (Lipinski definition) is 1. The summed E-state index contributed by atoms with van der Waals surface area (Å²) in [6.07, 6.45) is 13.4. The molecule has 1 nitrogen and oxygen atoms in total. The van der Waals surface area contributed by atoms with E-state index in [1.807, 2.05) is 0 Å². The third-order valence-electron chi connectivity index (χ3n) is 3.68. The highest BCUT2D eigenvalue weighted by Gasteiger charge is 2.07. The van der Waals surface area contributed by atoms with Crippen LogP contribution in [0.1, 0.15) is 85.0 Å². The summed E-state index contributed by atoms with van der Waals surface area (Å²) in [5.41, 5.74) is 1.39. The van der Waals surface area contributed by atoms with Gasteiger partial charge in [0.1, 0.15) is 0 Å². The topological polar surface area (TPSA) is 12.0 Å². The molecule has 1 unspecified atom stereocenters. The molecule has 0 bridgehead atoms. The first kappa shape index (κ1) is 17.7. The van der Waals surface area contributed by atoms with Crippen LogP contribution in [0.4, 0.5) is 0 Å². The van der Waals surface area contributed by atoms with Gasteiger partial charge in [-0.25, -0.2) is 0 Å². The van der Waals surface area contributed by atoms with Gasteiger partial charge in [-0.15, -0.1) is 0 Å². The Hall–Kier alpha value is -0.300. The van der Waals surface area contributed by atoms with Crippen LogP contribution in [-0.4, -0.2) is 12.6 Å². The van der Waals surface area contributed by atoms with Crippen molar-refractivity contribution < 1.29 is 0 Å². The fourth-order valence-corrected chi connectivity index (χ4v) is 2.41. The number of rotatable bonds is 13. The van der Waals surface area contributed by atoms with Crippen LogP contribution in [0.3, 0.4) is 0 Å². The van der Waals surface area contributed by atoms with Crippen LogP contribution in [0.25, 0.3) is 0 Å². The molecule has 0 fully saturated rings. The van der Waals surface area contributed by atoms with Gasteiger partial charge in [-0.3, -0.25) is 0 Å². The van der Waals surface area contributed by atoms with Gasteiger partial charge in [0.25, 0.3) is 0 Å². The van der Waals surface area contributed by atoms with Gasteiger partial charge >= 0.3 is 0 Å². The minimum Gasteiger partial charge on any atom is -0.314 e. The lowest BCUT2D eigenvalue weighted by Gasteiger charge is -2.18. The summed E-state index contributed by atoms with van der Waals surface area (Å²) in [5, 5.41) is 3.60. The summed E-state index contributed by atoms with van der Waals surface area (Å²) in [7, 11) is 0. The second-order valence-electron chi connectivity index (χ2n) is 5.47. The van der Waals surface area contributed by atoms with Gasteiger partial charge in [0, 0.05) is 6.04 Å². The third kappa shape index (κ3) is 10.8. The van der Waals surface area contributed by atoms with E-state index in [1.54, 1.807) is 0 Å². The maximum Gasteiger partial charge on any atom is 0.0104 e. The first-order valence-corrected chi connectivity index (χ1v) is 8.14. The molecule has 1 atom stereocenters. The quantitative estimate of drug-likeness (QED) is 0.339. The Morgan fingerprint density at radius 2 is 1.56 bits per heavy atom. The lowest BCUT2D eigenvalue weighted by Crippen LogP contribution is -2.29. The molecule has 0 rings (SSSR count). The molecule has 108 valence electrons. The Kier molecular flexibility index (Phi) is 12.9. The molecule has 0 spiro atoms. The molecule has 0 aliphatic heterocycles. The van der Waals surface area contributed by atoms with Crippen molar-refractivity contribution in [2.45, 2.75) is 91.0 Å². The molecule has 0 heterocycles. The minimum atomic E-state index is 0.665. The predicted molar refractivity (Wildman–Crippen MR) is 84.1 cm³/mol. The molecule has 0 aromatic heterocycles. The summed E-state index contributed by atoms with van der Waals surface area (Å²) in [6, 6.07) is 0.665. The van der Waals surface area contributed by atoms with Crippen molar-refractivity contribution in [2.75, 3.05) is 6.54 Å². The van der Waals surface area contributed by atoms with Crippen molar-refractivity contribution in [1.29, 1.82) is 0 Å². The average Bonchev–Trinajstić information content (AvgIpc) is 2.37. The average molecular weight is 253 g/mol. The smallest absolute Gasteiger partial charge is 0.0104 e. The van der Waals surface area contributed by atoms with Crippen LogP contribution < -0.4 is 5.32 Å². The van der Waals surface area contributed by atoms with Crippen molar-refractivity contribution in [3.63, 3.8) is 0 Å². The maximum atomic E-state index is 4.13. The van der Waals surface area contributed by atoms with Gasteiger partial charge < -0.3 is 5.32 Å². The Morgan fingerprint density at radius 3 is 2.11 bits per heavy atom. The van der Waals surface area contributed by atoms with E-state index in [4.69, 9.17) is 0 Å². The molecule has 1 N–H and O–H groups in total. The molecule has 0 radical (unpaired) electrons. The molecular weight excluding hydrogens is 218 g/mol. The van der Waals surface area contributed by atoms with Gasteiger partial charge in [-0.05, 0) is 25.8 Å². The van der Waals surface area contributed by atoms with E-state index in [0.717, 1.165) is 13.0 Å². The van der Waals surface area contributed by atoms with Crippen molar-refractivity contribution in [3.8, 4) is 0 Å². The highest BCUT2D eigenvalue weighted by Crippen LogP contribution is 2.14. The van der Waals surface area contributed by atoms with E-state index in [-0.39, 0.29) is 0 Å². The lowest BCUT2D eigenvalue weighted by atomic mass is 9.99. The van der Waals surface area contributed by atoms with Gasteiger partial charge in [-0.2, -0.15) is 0 Å². The lowest BCUT2D eigenvalue weighted by molar-refractivity contribution is 0.455. The molecule has 0 aromatic carbocycles. The van der Waals surface area contributed by atoms with Crippen LogP contribution in [-0.2, 0) is 0 Å². The van der Waals surface area contributed by atoms with Crippen LogP contribution in [0.2, 0.25) is 0 Å². The second kappa shape index (κ2) is 13.1. The van der Waals surface area contributed by atoms with Gasteiger partial charge in [0.2, 0.25) is 0 Å². The van der Waals surface area contributed by atoms with Gasteiger partial charge in [-0.1, -0.05) is 77.9 Å². The molecule has 0 saturated carbocycles. The summed E-state index contributed by atoms with van der Waals surface area (Å²) < 4.78 is 0. The third-order valence-corrected chi connectivity index (χ3v) is 3.68. The molecule has 0 aromatic rings. The standard InChI is InChI=1S/C17H35N/c1-5-8-9-10-11-12-13-14-17(18-7-3)15-16(4)6-2/h17-18H,4-15H2,1-3H3. The maximum absolute atomic E-state index is 4.13. The first-order valence-electron chi connectivity index (χ1n) is 8.14. The minimum absolute atomic E-state index is 0.665. The zero-order valence-corrected chi connectivity index (χ0v) is 13.1. The Labute approximate surface area is 115 Å². The van der Waals surface area contributed by atoms with E-state index in [1.165, 1.54) is 63.4 Å². The van der Waals surface area contributed by atoms with Crippen molar-refractivity contribution in [2.24, 2.45) is 0 Å². The van der Waals surface area contributed by atoms with Crippen molar-refractivity contribution in [1.82, 2.24) is 5.32 Å². The molecule has 18 heavy (non-hydrogen) atoms. The molecule has 0 amide bonds. The van der Waals surface area contributed by atoms with E-state index in [9.17, 15) is 0 Å². The zero-order valence-electron chi connectivity index (χ0n) is 13.1. The van der Waals surface area contributed by atoms with Gasteiger partial charge in [0.05, 0.1) is 0 Å². The normalized spacial score (nSPS) is 12.6. The summed E-state index contributed by atoms with van der Waals surface area (Å²) in [6.45, 7) is 11.9. The number of nitrogens with one attached hydrogen (secondary N) is 1. The van der Waals surface area contributed by atoms with Crippen LogP contribution in [0.5, 0.6) is 0 Å². The van der Waals surface area contributed by atoms with Crippen molar-refractivity contribution in [3.05, 3.63) is 12.2 Å². The number of unbranched alkanes of at least 4 members (excludes halogenated alkanes) is 6. The molecular formula is C17H35N. The fraction of sp³-hybridized carbons (Fsp3) is 0.882. The fourth-order valence-electron chi connectivity index (χ4n) is 2.41. The number of hydrogen-bond donors (Lipinski definition) is 1. The zero-order chi connectivity index (χ0) is 13.6. The summed E-state index contributed by atoms with van der Waals surface area (Å²) in [5.74, 6) is 0. The Bertz CT molecular complexity index is 186. The summed E-state index contributed by atoms with van der Waals surface area (Å²) >= 11 is 0. The van der Waals surface area contributed by atoms with E-state index in [0.29, 0.717) is 6.04 Å². The van der Waals surface area contributed by atoms with Crippen molar-refractivity contribution >= 4 is 0 Å². The van der Waals surface area contributed by atoms with Crippen LogP contribution >= 0.6 is 0 Å². The highest BCUT2D eigenvalue weighted by molar-refractivity contribution is 4.96. The molecule has 0 saturated heterocycles. The Morgan fingerprint density at radius 1 is 0.944 bits per heavy atom. The highest BCUT2D eigenvalue weighted by atomic mass is 14.9. The molecule has 0 aliphatic carbocycles. The van der Waals surface area contributed by atoms with Crippen LogP contribution in [0, 0.1) is 0 Å². The largest absolute Gasteiger partial charge is 0.314 e. The van der Waals surface area contributed by atoms with Gasteiger partial charge in [0.15, 0.2) is 0 Å². The SMILES string of the molecule is C=C(CC)CC(CCCCCCCCC)NCC. The predicted octanol–water partition coefficient (Wildman–Crippen LogP) is 5.46. The first-order chi connectivity index (χ1) is 8.74. The van der Waals surface area contributed by atoms with Crippen LogP contribution in [0.15, 0.2) is 12.2 Å². The Balaban J connectivity index is 3.54. The monoisotopic (exact) mass is 253 g/mol. The molecule has 0 aliphatic rings. The van der Waals surface area contributed by atoms with E-state index >= 15 is 0 Å². The second-order valence-corrected chi connectivity index (χ2v) is 5.47. The van der Waals surface area contributed by atoms with E-state index in [2.05, 4.69) is 32.7 Å². The molecule has 1 heteroatoms.